The Morgan fingerprint density at radius 2 is 0.961 bits per heavy atom. The Morgan fingerprint density at radius 3 is 1.63 bits per heavy atom. The van der Waals surface area contributed by atoms with Crippen molar-refractivity contribution in [1.29, 1.82) is 0 Å². The van der Waals surface area contributed by atoms with Gasteiger partial charge < -0.3 is 14.4 Å². The summed E-state index contributed by atoms with van der Waals surface area (Å²) in [6, 6.07) is 54.7. The Hall–Kier alpha value is -6.79. The molecule has 1 aliphatic rings. The molecule has 0 radical (unpaired) electrons. The normalized spacial score (nSPS) is 13.5. The molecule has 5 heterocycles. The van der Waals surface area contributed by atoms with Crippen LogP contribution in [0.5, 0.6) is 0 Å². The van der Waals surface area contributed by atoms with Crippen LogP contribution >= 0.6 is 0 Å². The Labute approximate surface area is 293 Å². The molecule has 0 amide bonds. The molecule has 0 aliphatic carbocycles. The van der Waals surface area contributed by atoms with Crippen LogP contribution in [0.25, 0.3) is 82.7 Å². The number of anilines is 1. The van der Waals surface area contributed by atoms with E-state index in [0.29, 0.717) is 0 Å². The lowest BCUT2D eigenvalue weighted by Crippen LogP contribution is -2.24. The zero-order valence-corrected chi connectivity index (χ0v) is 28.0. The van der Waals surface area contributed by atoms with Crippen molar-refractivity contribution in [2.24, 2.45) is 0 Å². The number of aromatic nitrogens is 4. The van der Waals surface area contributed by atoms with Crippen molar-refractivity contribution < 1.29 is 0 Å². The Balaban J connectivity index is 1.08. The van der Waals surface area contributed by atoms with E-state index in [0.717, 1.165) is 46.1 Å². The van der Waals surface area contributed by atoms with E-state index in [4.69, 9.17) is 4.98 Å². The minimum atomic E-state index is 0.748. The average Bonchev–Trinajstić information content (AvgIpc) is 3.92. The van der Waals surface area contributed by atoms with Gasteiger partial charge in [0, 0.05) is 68.8 Å². The fourth-order valence-electron chi connectivity index (χ4n) is 8.38. The highest BCUT2D eigenvalue weighted by molar-refractivity contribution is 6.12. The summed E-state index contributed by atoms with van der Waals surface area (Å²) in [5.74, 6) is 1.15. The maximum atomic E-state index is 4.85. The van der Waals surface area contributed by atoms with E-state index in [9.17, 15) is 0 Å². The Bertz CT molecular complexity index is 2940. The van der Waals surface area contributed by atoms with Crippen molar-refractivity contribution in [3.63, 3.8) is 0 Å². The first-order valence-corrected chi connectivity index (χ1v) is 17.4. The van der Waals surface area contributed by atoms with E-state index < -0.39 is 0 Å². The molecule has 0 saturated carbocycles. The zero-order chi connectivity index (χ0) is 33.6. The van der Waals surface area contributed by atoms with Crippen molar-refractivity contribution >= 4 is 77.1 Å². The van der Waals surface area contributed by atoms with Crippen LogP contribution in [-0.4, -0.2) is 37.3 Å². The van der Waals surface area contributed by atoms with Gasteiger partial charge >= 0.3 is 0 Å². The molecule has 6 aromatic carbocycles. The first kappa shape index (κ1) is 28.1. The summed E-state index contributed by atoms with van der Waals surface area (Å²) in [7, 11) is 2.18. The smallest absolute Gasteiger partial charge is 0.145 e. The van der Waals surface area contributed by atoms with E-state index in [1.54, 1.807) is 0 Å². The molecule has 4 aromatic heterocycles. The second kappa shape index (κ2) is 10.6. The summed E-state index contributed by atoms with van der Waals surface area (Å²) in [6.07, 6.45) is 4.18. The molecule has 0 fully saturated rings. The number of nitrogens with zero attached hydrogens (tertiary/aromatic N) is 6. The number of para-hydroxylation sites is 4. The van der Waals surface area contributed by atoms with E-state index in [1.165, 1.54) is 49.0 Å². The van der Waals surface area contributed by atoms with Gasteiger partial charge in [-0.05, 0) is 66.7 Å². The van der Waals surface area contributed by atoms with Crippen LogP contribution in [-0.2, 0) is 0 Å². The highest BCUT2D eigenvalue weighted by Gasteiger charge is 2.25. The fraction of sp³-hybridized carbons (Fsp3) is 0.0444. The largest absolute Gasteiger partial charge is 0.341 e. The monoisotopic (exact) mass is 656 g/mol. The molecule has 6 nitrogen and oxygen atoms in total. The van der Waals surface area contributed by atoms with Crippen molar-refractivity contribution in [1.82, 2.24) is 23.6 Å². The zero-order valence-electron chi connectivity index (χ0n) is 28.0. The van der Waals surface area contributed by atoms with Gasteiger partial charge in [-0.3, -0.25) is 9.13 Å². The van der Waals surface area contributed by atoms with Crippen LogP contribution < -0.4 is 4.90 Å². The van der Waals surface area contributed by atoms with Gasteiger partial charge in [0.15, 0.2) is 0 Å². The fourth-order valence-corrected chi connectivity index (χ4v) is 8.38. The lowest BCUT2D eigenvalue weighted by molar-refractivity contribution is 0.498. The van der Waals surface area contributed by atoms with Crippen LogP contribution in [0.2, 0.25) is 0 Å². The highest BCUT2D eigenvalue weighted by atomic mass is 15.4. The second-order valence-electron chi connectivity index (χ2n) is 13.5. The van der Waals surface area contributed by atoms with E-state index >= 15 is 0 Å². The van der Waals surface area contributed by atoms with Gasteiger partial charge in [0.2, 0.25) is 0 Å². The molecule has 11 rings (SSSR count). The van der Waals surface area contributed by atoms with Gasteiger partial charge in [-0.15, -0.1) is 0 Å². The molecule has 0 spiro atoms. The van der Waals surface area contributed by atoms with Crippen LogP contribution in [0.3, 0.4) is 0 Å². The standard InChI is InChI=1S/C45H32N6/c1-47-29-48(28-44(47)51-41-21-8-3-14-33(41)34-15-4-9-22-42(34)51)30-23-24-37-35-16-2-6-19-39(35)49(43(37)27-30)31-12-10-13-32(26-31)50-40-20-7-5-17-36(40)38-18-11-25-46-45(38)50/h2-28H,29H2,1H3. The number of fused-ring (bicyclic) bond motifs is 9. The van der Waals surface area contributed by atoms with E-state index in [1.807, 2.05) is 12.3 Å². The third-order valence-electron chi connectivity index (χ3n) is 10.6. The third kappa shape index (κ3) is 4.01. The minimum Gasteiger partial charge on any atom is -0.341 e. The minimum absolute atomic E-state index is 0.748. The maximum Gasteiger partial charge on any atom is 0.145 e. The summed E-state index contributed by atoms with van der Waals surface area (Å²) >= 11 is 0. The quantitative estimate of drug-likeness (QED) is 0.189. The van der Waals surface area contributed by atoms with E-state index in [2.05, 4.69) is 182 Å². The Kier molecular flexibility index (Phi) is 5.84. The molecular formula is C45H32N6. The lowest BCUT2D eigenvalue weighted by atomic mass is 10.1. The van der Waals surface area contributed by atoms with Crippen LogP contribution in [0.15, 0.2) is 164 Å². The Morgan fingerprint density at radius 1 is 0.431 bits per heavy atom. The molecular weight excluding hydrogens is 625 g/mol. The first-order valence-electron chi connectivity index (χ1n) is 17.4. The van der Waals surface area contributed by atoms with Gasteiger partial charge in [-0.1, -0.05) is 84.9 Å². The van der Waals surface area contributed by atoms with Gasteiger partial charge in [0.05, 0.1) is 34.3 Å². The van der Waals surface area contributed by atoms with Gasteiger partial charge in [-0.25, -0.2) is 4.98 Å². The van der Waals surface area contributed by atoms with Crippen molar-refractivity contribution in [2.75, 3.05) is 18.6 Å². The number of rotatable bonds is 4. The number of pyridine rings is 1. The summed E-state index contributed by atoms with van der Waals surface area (Å²) in [4.78, 5) is 9.54. The van der Waals surface area contributed by atoms with Gasteiger partial charge in [-0.2, -0.15) is 0 Å². The van der Waals surface area contributed by atoms with E-state index in [-0.39, 0.29) is 0 Å². The van der Waals surface area contributed by atoms with Crippen LogP contribution in [0.1, 0.15) is 0 Å². The summed E-state index contributed by atoms with van der Waals surface area (Å²) < 4.78 is 7.10. The molecule has 0 saturated heterocycles. The van der Waals surface area contributed by atoms with Crippen LogP contribution in [0.4, 0.5) is 5.69 Å². The molecule has 242 valence electrons. The molecule has 0 atom stereocenters. The number of hydrogen-bond acceptors (Lipinski definition) is 3. The average molecular weight is 657 g/mol. The molecule has 0 N–H and O–H groups in total. The first-order chi connectivity index (χ1) is 25.2. The highest BCUT2D eigenvalue weighted by Crippen LogP contribution is 2.39. The van der Waals surface area contributed by atoms with Gasteiger partial charge in [0.25, 0.3) is 0 Å². The number of hydrogen-bond donors (Lipinski definition) is 0. The molecule has 10 aromatic rings. The number of benzene rings is 6. The molecule has 6 heteroatoms. The molecule has 1 aliphatic heterocycles. The van der Waals surface area contributed by atoms with Crippen molar-refractivity contribution in [2.45, 2.75) is 0 Å². The van der Waals surface area contributed by atoms with Crippen LogP contribution in [0, 0.1) is 0 Å². The predicted molar refractivity (Wildman–Crippen MR) is 212 cm³/mol. The molecule has 51 heavy (non-hydrogen) atoms. The summed E-state index contributed by atoms with van der Waals surface area (Å²) in [5.41, 5.74) is 10.2. The third-order valence-corrected chi connectivity index (χ3v) is 10.6. The summed E-state index contributed by atoms with van der Waals surface area (Å²) in [5, 5.41) is 7.37. The second-order valence-corrected chi connectivity index (χ2v) is 13.5. The van der Waals surface area contributed by atoms with Gasteiger partial charge in [0.1, 0.15) is 11.5 Å². The SMILES string of the molecule is CN1CN(c2ccc3c4ccccc4n(-c4cccc(-n5c6ccccc6c6cccnc65)c4)c3c2)C=C1n1c2ccccc2c2ccccc21. The predicted octanol–water partition coefficient (Wildman–Crippen LogP) is 10.5. The molecule has 0 bridgehead atoms. The summed E-state index contributed by atoms with van der Waals surface area (Å²) in [6.45, 7) is 0.748. The van der Waals surface area contributed by atoms with Crippen molar-refractivity contribution in [3.8, 4) is 11.4 Å². The molecule has 0 unspecified atom stereocenters. The topological polar surface area (TPSA) is 34.2 Å². The maximum absolute atomic E-state index is 4.85. The van der Waals surface area contributed by atoms with Crippen molar-refractivity contribution in [3.05, 3.63) is 164 Å². The lowest BCUT2D eigenvalue weighted by Gasteiger charge is -2.20.